The van der Waals surface area contributed by atoms with E-state index in [0.29, 0.717) is 65.2 Å². The first kappa shape index (κ1) is 38.3. The van der Waals surface area contributed by atoms with E-state index in [2.05, 4.69) is 15.4 Å². The third kappa shape index (κ3) is 7.46. The van der Waals surface area contributed by atoms with E-state index in [0.717, 1.165) is 38.5 Å². The second-order valence-corrected chi connectivity index (χ2v) is 18.3. The fourth-order valence-corrected chi connectivity index (χ4v) is 10.2. The number of carbonyl (C=O) groups is 4. The lowest BCUT2D eigenvalue weighted by Gasteiger charge is -2.30. The van der Waals surface area contributed by atoms with Gasteiger partial charge in [-0.25, -0.2) is 22.6 Å². The lowest BCUT2D eigenvalue weighted by atomic mass is 10.0. The Hall–Kier alpha value is -5.25. The van der Waals surface area contributed by atoms with Crippen LogP contribution >= 0.6 is 0 Å². The van der Waals surface area contributed by atoms with Crippen molar-refractivity contribution in [2.24, 2.45) is 5.92 Å². The van der Waals surface area contributed by atoms with Gasteiger partial charge in [0, 0.05) is 23.1 Å². The summed E-state index contributed by atoms with van der Waals surface area (Å²) >= 11 is 0. The number of fused-ring (bicyclic) bond motifs is 6. The number of sulfonamides is 1. The summed E-state index contributed by atoms with van der Waals surface area (Å²) in [6.45, 7) is -0.0711. The van der Waals surface area contributed by atoms with Gasteiger partial charge in [-0.1, -0.05) is 37.1 Å². The summed E-state index contributed by atoms with van der Waals surface area (Å²) in [5.41, 5.74) is 0.0797. The first-order chi connectivity index (χ1) is 28.0. The number of hydrogen-bond donors (Lipinski definition) is 3. The van der Waals surface area contributed by atoms with Crippen molar-refractivity contribution in [2.75, 3.05) is 6.54 Å². The number of allylic oxidation sites excluding steroid dienone is 1. The van der Waals surface area contributed by atoms with Gasteiger partial charge in [0.05, 0.1) is 17.3 Å². The Morgan fingerprint density at radius 3 is 2.57 bits per heavy atom. The van der Waals surface area contributed by atoms with Crippen molar-refractivity contribution in [3.05, 3.63) is 60.4 Å². The molecule has 4 amide bonds. The maximum absolute atomic E-state index is 14.7. The maximum atomic E-state index is 14.7. The number of carbonyl (C=O) groups excluding carboxylic acids is 4. The molecular formula is C42H46FN5O9S. The Bertz CT molecular complexity index is 2440. The Balaban J connectivity index is 1.06. The highest BCUT2D eigenvalue weighted by Crippen LogP contribution is 2.46. The number of alkyl carbamates (subject to hydrolysis) is 1. The summed E-state index contributed by atoms with van der Waals surface area (Å²) in [4.78, 5) is 62.5. The predicted octanol–water partition coefficient (Wildman–Crippen LogP) is 5.66. The zero-order chi connectivity index (χ0) is 40.2. The highest BCUT2D eigenvalue weighted by Gasteiger charge is 2.62. The van der Waals surface area contributed by atoms with Gasteiger partial charge in [-0.2, -0.15) is 0 Å². The van der Waals surface area contributed by atoms with Crippen LogP contribution in [0.3, 0.4) is 0 Å². The molecule has 16 heteroatoms. The van der Waals surface area contributed by atoms with E-state index in [4.69, 9.17) is 18.9 Å². The monoisotopic (exact) mass is 815 g/mol. The summed E-state index contributed by atoms with van der Waals surface area (Å²) in [5, 5.41) is 6.11. The molecule has 14 nitrogen and oxygen atoms in total. The van der Waals surface area contributed by atoms with Crippen LogP contribution in [0.5, 0.6) is 5.75 Å². The standard InChI is InChI=1S/C42H46FN5O9S/c43-25-16-19-34-30(20-25)35-37(57-34)36(29-13-8-9-14-31(29)44-35)55-27-21-33-38(49)46-42(40(51)47-58(53,54)28-17-18-28)22-24(42)10-4-2-1-3-5-15-32(39(50)48(33)23-27)45-41(52)56-26-11-6-7-12-26/h4,8-10,13-14,16,19-20,24,26-28,32-33H,1-3,5-7,11-12,15,17-18,21-23H2,(H,45,52)(H,46,49)(H,47,51)/b10-4-/t24-,27+,32-,33+,42-/m1/s1. The molecule has 0 spiro atoms. The van der Waals surface area contributed by atoms with E-state index in [1.165, 1.54) is 23.1 Å². The fraction of sp³-hybridized carbons (Fsp3) is 0.500. The molecule has 0 unspecified atom stereocenters. The zero-order valence-corrected chi connectivity index (χ0v) is 32.7. The third-order valence-electron chi connectivity index (χ3n) is 12.2. The van der Waals surface area contributed by atoms with Crippen LogP contribution in [0, 0.1) is 11.7 Å². The minimum Gasteiger partial charge on any atom is -0.484 e. The number of hydrogen-bond acceptors (Lipinski definition) is 10. The average Bonchev–Trinajstić information content (AvgIpc) is 4.02. The van der Waals surface area contributed by atoms with Gasteiger partial charge in [0.15, 0.2) is 11.3 Å². The van der Waals surface area contributed by atoms with Crippen LogP contribution in [0.1, 0.15) is 83.5 Å². The van der Waals surface area contributed by atoms with Crippen LogP contribution in [0.4, 0.5) is 9.18 Å². The van der Waals surface area contributed by atoms with Crippen molar-refractivity contribution in [3.63, 3.8) is 0 Å². The molecule has 5 atom stereocenters. The van der Waals surface area contributed by atoms with E-state index in [1.54, 1.807) is 6.07 Å². The zero-order valence-electron chi connectivity index (χ0n) is 31.9. The number of halogens is 1. The minimum atomic E-state index is -3.92. The van der Waals surface area contributed by atoms with E-state index < -0.39 is 74.5 Å². The first-order valence-corrected chi connectivity index (χ1v) is 21.9. The molecule has 2 aliphatic heterocycles. The number of amides is 4. The molecule has 0 bridgehead atoms. The second kappa shape index (κ2) is 15.2. The fourth-order valence-electron chi connectivity index (χ4n) is 8.79. The number of rotatable bonds is 7. The van der Waals surface area contributed by atoms with Crippen LogP contribution in [0.25, 0.3) is 33.0 Å². The molecule has 2 aromatic heterocycles. The molecule has 1 saturated heterocycles. The van der Waals surface area contributed by atoms with E-state index in [1.807, 2.05) is 30.4 Å². The normalized spacial score (nSPS) is 27.6. The van der Waals surface area contributed by atoms with Gasteiger partial charge in [0.1, 0.15) is 46.7 Å². The van der Waals surface area contributed by atoms with Gasteiger partial charge >= 0.3 is 6.09 Å². The highest BCUT2D eigenvalue weighted by molar-refractivity contribution is 7.91. The molecule has 2 aromatic carbocycles. The molecule has 4 aromatic rings. The molecule has 3 saturated carbocycles. The predicted molar refractivity (Wildman–Crippen MR) is 210 cm³/mol. The Kier molecular flexibility index (Phi) is 10.0. The Morgan fingerprint density at radius 1 is 0.966 bits per heavy atom. The van der Waals surface area contributed by atoms with E-state index >= 15 is 0 Å². The second-order valence-electron chi connectivity index (χ2n) is 16.4. The third-order valence-corrected chi connectivity index (χ3v) is 14.0. The van der Waals surface area contributed by atoms with Gasteiger partial charge < -0.3 is 29.4 Å². The molecule has 4 heterocycles. The lowest BCUT2D eigenvalue weighted by molar-refractivity contribution is -0.141. The largest absolute Gasteiger partial charge is 0.484 e. The van der Waals surface area contributed by atoms with Crippen molar-refractivity contribution in [2.45, 2.75) is 119 Å². The highest BCUT2D eigenvalue weighted by atomic mass is 32.2. The molecule has 306 valence electrons. The number of aromatic nitrogens is 1. The van der Waals surface area contributed by atoms with Crippen molar-refractivity contribution in [1.29, 1.82) is 0 Å². The van der Waals surface area contributed by atoms with Crippen molar-refractivity contribution < 1.29 is 45.9 Å². The molecule has 9 rings (SSSR count). The average molecular weight is 816 g/mol. The lowest BCUT2D eigenvalue weighted by Crippen LogP contribution is -2.58. The first-order valence-electron chi connectivity index (χ1n) is 20.4. The number of pyridine rings is 1. The quantitative estimate of drug-likeness (QED) is 0.197. The molecule has 0 radical (unpaired) electrons. The van der Waals surface area contributed by atoms with E-state index in [-0.39, 0.29) is 31.1 Å². The number of furan rings is 1. The molecule has 4 fully saturated rings. The van der Waals surface area contributed by atoms with Gasteiger partial charge in [-0.3, -0.25) is 19.1 Å². The van der Waals surface area contributed by atoms with Crippen LogP contribution in [-0.4, -0.2) is 83.7 Å². The maximum Gasteiger partial charge on any atom is 0.408 e. The molecule has 3 N–H and O–H groups in total. The summed E-state index contributed by atoms with van der Waals surface area (Å²) in [6.07, 6.45) is 9.72. The van der Waals surface area contributed by atoms with Crippen molar-refractivity contribution in [1.82, 2.24) is 25.2 Å². The smallest absolute Gasteiger partial charge is 0.408 e. The van der Waals surface area contributed by atoms with Gasteiger partial charge in [0.2, 0.25) is 21.8 Å². The topological polar surface area (TPSA) is 186 Å². The summed E-state index contributed by atoms with van der Waals surface area (Å²) in [7, 11) is -3.92. The van der Waals surface area contributed by atoms with Gasteiger partial charge in [0.25, 0.3) is 5.91 Å². The number of nitrogens with one attached hydrogen (secondary N) is 3. The molecule has 3 aliphatic carbocycles. The summed E-state index contributed by atoms with van der Waals surface area (Å²) in [6, 6.07) is 9.21. The number of para-hydroxylation sites is 1. The molecular weight excluding hydrogens is 770 g/mol. The number of nitrogens with zero attached hydrogens (tertiary/aromatic N) is 2. The van der Waals surface area contributed by atoms with Crippen LogP contribution in [0.2, 0.25) is 0 Å². The van der Waals surface area contributed by atoms with Crippen LogP contribution < -0.4 is 20.1 Å². The summed E-state index contributed by atoms with van der Waals surface area (Å²) in [5.74, 6) is -2.58. The van der Waals surface area contributed by atoms with Crippen LogP contribution in [-0.2, 0) is 29.1 Å². The van der Waals surface area contributed by atoms with Gasteiger partial charge in [-0.05, 0) is 94.5 Å². The Labute approximate surface area is 334 Å². The molecule has 5 aliphatic rings. The number of benzene rings is 2. The van der Waals surface area contributed by atoms with E-state index in [9.17, 15) is 32.0 Å². The summed E-state index contributed by atoms with van der Waals surface area (Å²) < 4.78 is 61.1. The SMILES string of the molecule is O=C(N[C@@H]1CCCCC/C=C\[C@@H]2C[C@@]2(C(=O)NS(=O)(=O)C2CC2)NC(=O)[C@@H]2C[C@H](Oc3c4ccccc4nc4c3oc3ccc(F)cc34)CN2C1=O)OC1CCCC1. The minimum absolute atomic E-state index is 0.0115. The van der Waals surface area contributed by atoms with Crippen molar-refractivity contribution in [3.8, 4) is 5.75 Å². The molecule has 58 heavy (non-hydrogen) atoms. The number of ether oxygens (including phenoxy) is 2. The Morgan fingerprint density at radius 2 is 1.76 bits per heavy atom. The van der Waals surface area contributed by atoms with Crippen LogP contribution in [0.15, 0.2) is 59.0 Å². The van der Waals surface area contributed by atoms with Crippen molar-refractivity contribution >= 4 is 66.8 Å². The van der Waals surface area contributed by atoms with Gasteiger partial charge in [-0.15, -0.1) is 0 Å².